The normalized spacial score (nSPS) is 11.7. The summed E-state index contributed by atoms with van der Waals surface area (Å²) < 4.78 is 40.8. The van der Waals surface area contributed by atoms with Crippen LogP contribution in [-0.4, -0.2) is 22.1 Å². The Balaban J connectivity index is 0.00000363. The van der Waals surface area contributed by atoms with Gasteiger partial charge in [0.25, 0.3) is 0 Å². The lowest BCUT2D eigenvalue weighted by atomic mass is 10.1. The van der Waals surface area contributed by atoms with Crippen molar-refractivity contribution in [2.45, 2.75) is 39.7 Å². The molecule has 3 aromatic rings. The van der Waals surface area contributed by atoms with Crippen LogP contribution in [0, 0.1) is 6.92 Å². The Labute approximate surface area is 203 Å². The van der Waals surface area contributed by atoms with Crippen molar-refractivity contribution in [2.24, 2.45) is 4.99 Å². The summed E-state index contributed by atoms with van der Waals surface area (Å²) in [5, 5.41) is 6.23. The number of imidazole rings is 1. The monoisotopic (exact) mass is 557 g/mol. The van der Waals surface area contributed by atoms with Crippen LogP contribution in [0.1, 0.15) is 35.0 Å². The molecule has 0 spiro atoms. The first-order valence-electron chi connectivity index (χ1n) is 10.1. The molecule has 5 nitrogen and oxygen atoms in total. The maximum absolute atomic E-state index is 12.9. The average molecular weight is 557 g/mol. The number of guanidine groups is 1. The highest BCUT2D eigenvalue weighted by atomic mass is 127. The summed E-state index contributed by atoms with van der Waals surface area (Å²) in [6, 6.07) is 13.5. The van der Waals surface area contributed by atoms with Crippen LogP contribution in [0.15, 0.2) is 65.9 Å². The van der Waals surface area contributed by atoms with Gasteiger partial charge in [-0.2, -0.15) is 13.2 Å². The highest BCUT2D eigenvalue weighted by Crippen LogP contribution is 2.29. The molecule has 0 aliphatic carbocycles. The maximum atomic E-state index is 12.9. The molecule has 0 aliphatic rings. The molecule has 172 valence electrons. The van der Waals surface area contributed by atoms with Crippen LogP contribution in [0.4, 0.5) is 13.2 Å². The Bertz CT molecular complexity index is 1030. The van der Waals surface area contributed by atoms with E-state index in [1.54, 1.807) is 12.3 Å². The summed E-state index contributed by atoms with van der Waals surface area (Å²) in [4.78, 5) is 8.82. The minimum absolute atomic E-state index is 0. The number of aromatic nitrogens is 2. The standard InChI is InChI=1S/C23H26F3N5.HI/c1-3-27-22(30-15-19-7-5-9-21(13-19)23(24,25)26)29-14-18-6-4-8-20(12-18)16-31-11-10-28-17(31)2;/h4-13H,3,14-16H2,1-2H3,(H2,27,29,30);1H. The Morgan fingerprint density at radius 1 is 1.03 bits per heavy atom. The number of aryl methyl sites for hydroxylation is 1. The lowest BCUT2D eigenvalue weighted by Gasteiger charge is -2.13. The molecule has 0 bridgehead atoms. The molecule has 0 radical (unpaired) electrons. The lowest BCUT2D eigenvalue weighted by molar-refractivity contribution is -0.137. The molecule has 0 fully saturated rings. The Morgan fingerprint density at radius 3 is 2.44 bits per heavy atom. The fourth-order valence-electron chi connectivity index (χ4n) is 3.15. The van der Waals surface area contributed by atoms with Crippen molar-refractivity contribution in [1.29, 1.82) is 0 Å². The Morgan fingerprint density at radius 2 is 1.75 bits per heavy atom. The summed E-state index contributed by atoms with van der Waals surface area (Å²) in [6.07, 6.45) is -0.627. The van der Waals surface area contributed by atoms with E-state index >= 15 is 0 Å². The number of halogens is 4. The molecular weight excluding hydrogens is 530 g/mol. The number of rotatable bonds is 7. The number of hydrogen-bond acceptors (Lipinski definition) is 2. The molecule has 0 unspecified atom stereocenters. The minimum atomic E-state index is -4.35. The van der Waals surface area contributed by atoms with Crippen LogP contribution in [0.5, 0.6) is 0 Å². The second-order valence-electron chi connectivity index (χ2n) is 7.17. The van der Waals surface area contributed by atoms with Gasteiger partial charge in [-0.15, -0.1) is 24.0 Å². The number of nitrogens with one attached hydrogen (secondary N) is 2. The number of hydrogen-bond donors (Lipinski definition) is 2. The molecule has 2 aromatic carbocycles. The largest absolute Gasteiger partial charge is 0.416 e. The summed E-state index contributed by atoms with van der Waals surface area (Å²) in [7, 11) is 0. The van der Waals surface area contributed by atoms with Gasteiger partial charge in [-0.1, -0.05) is 36.4 Å². The number of benzene rings is 2. The SMILES string of the molecule is CCNC(=NCc1cccc(Cn2ccnc2C)c1)NCc1cccc(C(F)(F)F)c1.I. The van der Waals surface area contributed by atoms with Crippen molar-refractivity contribution in [3.8, 4) is 0 Å². The van der Waals surface area contributed by atoms with E-state index in [0.717, 1.165) is 35.6 Å². The zero-order valence-electron chi connectivity index (χ0n) is 18.0. The molecule has 0 amide bonds. The molecule has 0 saturated heterocycles. The first-order chi connectivity index (χ1) is 14.8. The molecular formula is C23H27F3IN5. The molecule has 2 N–H and O–H groups in total. The van der Waals surface area contributed by atoms with Gasteiger partial charge in [-0.05, 0) is 42.7 Å². The smallest absolute Gasteiger partial charge is 0.357 e. The highest BCUT2D eigenvalue weighted by molar-refractivity contribution is 14.0. The average Bonchev–Trinajstić information content (AvgIpc) is 3.14. The maximum Gasteiger partial charge on any atom is 0.416 e. The zero-order chi connectivity index (χ0) is 22.3. The van der Waals surface area contributed by atoms with E-state index in [0.29, 0.717) is 24.6 Å². The predicted octanol–water partition coefficient (Wildman–Crippen LogP) is 5.13. The molecule has 1 heterocycles. The third kappa shape index (κ3) is 7.54. The first kappa shape index (κ1) is 25.7. The van der Waals surface area contributed by atoms with Gasteiger partial charge < -0.3 is 15.2 Å². The van der Waals surface area contributed by atoms with Gasteiger partial charge >= 0.3 is 6.18 Å². The molecule has 0 saturated carbocycles. The quantitative estimate of drug-likeness (QED) is 0.241. The lowest BCUT2D eigenvalue weighted by Crippen LogP contribution is -2.36. The number of nitrogens with zero attached hydrogens (tertiary/aromatic N) is 3. The summed E-state index contributed by atoms with van der Waals surface area (Å²) in [6.45, 7) is 5.98. The topological polar surface area (TPSA) is 54.2 Å². The second-order valence-corrected chi connectivity index (χ2v) is 7.17. The van der Waals surface area contributed by atoms with Gasteiger partial charge in [0, 0.05) is 32.0 Å². The number of alkyl halides is 3. The number of aliphatic imine (C=N–C) groups is 1. The van der Waals surface area contributed by atoms with E-state index in [9.17, 15) is 13.2 Å². The Hall–Kier alpha value is -2.56. The molecule has 32 heavy (non-hydrogen) atoms. The van der Waals surface area contributed by atoms with E-state index in [2.05, 4.69) is 37.3 Å². The summed E-state index contributed by atoms with van der Waals surface area (Å²) in [5.74, 6) is 1.51. The molecule has 3 rings (SSSR count). The molecule has 9 heteroatoms. The molecule has 0 aliphatic heterocycles. The zero-order valence-corrected chi connectivity index (χ0v) is 20.3. The first-order valence-corrected chi connectivity index (χ1v) is 10.1. The Kier molecular flexibility index (Phi) is 9.55. The van der Waals surface area contributed by atoms with E-state index in [4.69, 9.17) is 0 Å². The van der Waals surface area contributed by atoms with Crippen molar-refractivity contribution in [3.63, 3.8) is 0 Å². The van der Waals surface area contributed by atoms with Gasteiger partial charge in [0.15, 0.2) is 5.96 Å². The molecule has 0 atom stereocenters. The van der Waals surface area contributed by atoms with E-state index in [1.165, 1.54) is 6.07 Å². The van der Waals surface area contributed by atoms with E-state index < -0.39 is 11.7 Å². The van der Waals surface area contributed by atoms with E-state index in [-0.39, 0.29) is 30.5 Å². The van der Waals surface area contributed by atoms with Gasteiger partial charge in [0.2, 0.25) is 0 Å². The fourth-order valence-corrected chi connectivity index (χ4v) is 3.15. The van der Waals surface area contributed by atoms with Crippen molar-refractivity contribution >= 4 is 29.9 Å². The van der Waals surface area contributed by atoms with Gasteiger partial charge in [-0.25, -0.2) is 9.98 Å². The van der Waals surface area contributed by atoms with Crippen LogP contribution < -0.4 is 10.6 Å². The van der Waals surface area contributed by atoms with Crippen molar-refractivity contribution in [1.82, 2.24) is 20.2 Å². The third-order valence-corrected chi connectivity index (χ3v) is 4.75. The van der Waals surface area contributed by atoms with Crippen molar-refractivity contribution in [3.05, 3.63) is 89.0 Å². The van der Waals surface area contributed by atoms with Crippen LogP contribution in [0.3, 0.4) is 0 Å². The van der Waals surface area contributed by atoms with Crippen LogP contribution in [0.25, 0.3) is 0 Å². The second kappa shape index (κ2) is 11.9. The highest BCUT2D eigenvalue weighted by Gasteiger charge is 2.30. The van der Waals surface area contributed by atoms with E-state index in [1.807, 2.05) is 32.2 Å². The van der Waals surface area contributed by atoms with Crippen LogP contribution >= 0.6 is 24.0 Å². The third-order valence-electron chi connectivity index (χ3n) is 4.75. The summed E-state index contributed by atoms with van der Waals surface area (Å²) >= 11 is 0. The predicted molar refractivity (Wildman–Crippen MR) is 131 cm³/mol. The summed E-state index contributed by atoms with van der Waals surface area (Å²) in [5.41, 5.74) is 2.08. The van der Waals surface area contributed by atoms with Gasteiger partial charge in [0.1, 0.15) is 5.82 Å². The van der Waals surface area contributed by atoms with Crippen LogP contribution in [-0.2, 0) is 25.8 Å². The van der Waals surface area contributed by atoms with Crippen molar-refractivity contribution in [2.75, 3.05) is 6.54 Å². The fraction of sp³-hybridized carbons (Fsp3) is 0.304. The van der Waals surface area contributed by atoms with Crippen LogP contribution in [0.2, 0.25) is 0 Å². The van der Waals surface area contributed by atoms with Crippen molar-refractivity contribution < 1.29 is 13.2 Å². The van der Waals surface area contributed by atoms with Gasteiger partial charge in [0.05, 0.1) is 12.1 Å². The molecule has 1 aromatic heterocycles. The minimum Gasteiger partial charge on any atom is -0.357 e. The van der Waals surface area contributed by atoms with Gasteiger partial charge in [-0.3, -0.25) is 0 Å².